The van der Waals surface area contributed by atoms with Gasteiger partial charge in [0.2, 0.25) is 0 Å². The zero-order chi connectivity index (χ0) is 26.9. The number of hydrogen-bond donors (Lipinski definition) is 1. The number of anilines is 1. The highest BCUT2D eigenvalue weighted by atomic mass is 16.5. The highest BCUT2D eigenvalue weighted by molar-refractivity contribution is 5.96. The largest absolute Gasteiger partial charge is 0.497 e. The minimum absolute atomic E-state index is 0.0767. The molecule has 0 aliphatic carbocycles. The standard InChI is InChI=1S/C31H20N6O2/c1-38-21-13-11-20(12-14-21)29-26(18-33)30(34)37(36-29)31-25(17-32)24(28-10-5-15-39-28)16-27(35-31)23-9-4-7-19-6-2-3-8-22(19)23/h2-16H,34H2,1H3. The van der Waals surface area contributed by atoms with Crippen LogP contribution in [0.1, 0.15) is 11.1 Å². The maximum absolute atomic E-state index is 10.3. The quantitative estimate of drug-likeness (QED) is 0.287. The summed E-state index contributed by atoms with van der Waals surface area (Å²) in [4.78, 5) is 4.90. The van der Waals surface area contributed by atoms with Crippen LogP contribution in [0, 0.1) is 22.7 Å². The predicted molar refractivity (Wildman–Crippen MR) is 148 cm³/mol. The summed E-state index contributed by atoms with van der Waals surface area (Å²) in [7, 11) is 1.58. The highest BCUT2D eigenvalue weighted by Crippen LogP contribution is 2.37. The molecule has 0 bridgehead atoms. The van der Waals surface area contributed by atoms with E-state index < -0.39 is 0 Å². The minimum Gasteiger partial charge on any atom is -0.497 e. The minimum atomic E-state index is 0.0767. The summed E-state index contributed by atoms with van der Waals surface area (Å²) >= 11 is 0. The van der Waals surface area contributed by atoms with Gasteiger partial charge in [-0.3, -0.25) is 0 Å². The molecule has 0 spiro atoms. The molecule has 0 unspecified atom stereocenters. The van der Waals surface area contributed by atoms with E-state index in [0.29, 0.717) is 34.0 Å². The third kappa shape index (κ3) is 3.93. The van der Waals surface area contributed by atoms with Crippen LogP contribution in [0.25, 0.3) is 50.4 Å². The summed E-state index contributed by atoms with van der Waals surface area (Å²) < 4.78 is 12.3. The molecule has 0 aliphatic heterocycles. The Balaban J connectivity index is 1.64. The summed E-state index contributed by atoms with van der Waals surface area (Å²) in [6.45, 7) is 0. The van der Waals surface area contributed by atoms with E-state index in [9.17, 15) is 10.5 Å². The van der Waals surface area contributed by atoms with Gasteiger partial charge in [-0.2, -0.15) is 20.3 Å². The van der Waals surface area contributed by atoms with Crippen LogP contribution in [-0.2, 0) is 0 Å². The van der Waals surface area contributed by atoms with Crippen molar-refractivity contribution < 1.29 is 9.15 Å². The Morgan fingerprint density at radius 2 is 1.64 bits per heavy atom. The number of hydrogen-bond acceptors (Lipinski definition) is 7. The molecular formula is C31H20N6O2. The second-order valence-electron chi connectivity index (χ2n) is 8.73. The number of pyridine rings is 1. The van der Waals surface area contributed by atoms with Gasteiger partial charge in [0, 0.05) is 16.7 Å². The molecule has 0 atom stereocenters. The van der Waals surface area contributed by atoms with Crippen molar-refractivity contribution in [2.75, 3.05) is 12.8 Å². The Labute approximate surface area is 223 Å². The van der Waals surface area contributed by atoms with Crippen molar-refractivity contribution >= 4 is 16.6 Å². The maximum atomic E-state index is 10.3. The van der Waals surface area contributed by atoms with E-state index in [4.69, 9.17) is 19.9 Å². The number of fused-ring (bicyclic) bond motifs is 1. The fourth-order valence-corrected chi connectivity index (χ4v) is 4.66. The van der Waals surface area contributed by atoms with Crippen molar-refractivity contribution in [1.29, 1.82) is 10.5 Å². The van der Waals surface area contributed by atoms with E-state index >= 15 is 0 Å². The second kappa shape index (κ2) is 9.55. The Morgan fingerprint density at radius 1 is 0.872 bits per heavy atom. The lowest BCUT2D eigenvalue weighted by Gasteiger charge is -2.13. The molecule has 39 heavy (non-hydrogen) atoms. The topological polar surface area (TPSA) is 127 Å². The van der Waals surface area contributed by atoms with Gasteiger partial charge in [0.25, 0.3) is 0 Å². The van der Waals surface area contributed by atoms with E-state index in [1.165, 1.54) is 4.68 Å². The van der Waals surface area contributed by atoms with Crippen molar-refractivity contribution in [3.63, 3.8) is 0 Å². The third-order valence-electron chi connectivity index (χ3n) is 6.56. The fraction of sp³-hybridized carbons (Fsp3) is 0.0323. The zero-order valence-corrected chi connectivity index (χ0v) is 20.8. The molecule has 3 aromatic carbocycles. The van der Waals surface area contributed by atoms with Crippen molar-refractivity contribution in [1.82, 2.24) is 14.8 Å². The van der Waals surface area contributed by atoms with Gasteiger partial charge < -0.3 is 14.9 Å². The van der Waals surface area contributed by atoms with Gasteiger partial charge in [-0.25, -0.2) is 4.98 Å². The summed E-state index contributed by atoms with van der Waals surface area (Å²) in [5.41, 5.74) is 9.95. The lowest BCUT2D eigenvalue weighted by molar-refractivity contribution is 0.415. The number of ether oxygens (including phenoxy) is 1. The van der Waals surface area contributed by atoms with Gasteiger partial charge in [0.05, 0.1) is 19.1 Å². The molecule has 0 fully saturated rings. The van der Waals surface area contributed by atoms with Crippen LogP contribution in [0.15, 0.2) is 95.6 Å². The Bertz CT molecular complexity index is 1920. The maximum Gasteiger partial charge on any atom is 0.175 e. The molecule has 0 saturated heterocycles. The number of nitrogen functional groups attached to an aromatic ring is 1. The van der Waals surface area contributed by atoms with Crippen LogP contribution in [0.3, 0.4) is 0 Å². The number of benzene rings is 3. The normalized spacial score (nSPS) is 10.7. The Morgan fingerprint density at radius 3 is 2.36 bits per heavy atom. The molecular weight excluding hydrogens is 488 g/mol. The van der Waals surface area contributed by atoms with Crippen molar-refractivity contribution in [2.45, 2.75) is 0 Å². The first-order valence-electron chi connectivity index (χ1n) is 12.0. The lowest BCUT2D eigenvalue weighted by Crippen LogP contribution is -2.09. The Hall–Kier alpha value is -5.86. The molecule has 8 heteroatoms. The fourth-order valence-electron chi connectivity index (χ4n) is 4.66. The number of nitrogens with zero attached hydrogens (tertiary/aromatic N) is 5. The van der Waals surface area contributed by atoms with Gasteiger partial charge in [0.15, 0.2) is 5.82 Å². The summed E-state index contributed by atoms with van der Waals surface area (Å²) in [5.74, 6) is 1.44. The number of aromatic nitrogens is 3. The SMILES string of the molecule is COc1ccc(-c2nn(-c3nc(-c4cccc5ccccc45)cc(-c4ccco4)c3C#N)c(N)c2C#N)cc1. The van der Waals surface area contributed by atoms with Crippen molar-refractivity contribution in [3.8, 4) is 57.5 Å². The highest BCUT2D eigenvalue weighted by Gasteiger charge is 2.25. The average Bonchev–Trinajstić information content (AvgIpc) is 3.64. The second-order valence-corrected chi connectivity index (χ2v) is 8.73. The zero-order valence-electron chi connectivity index (χ0n) is 20.8. The molecule has 0 amide bonds. The van der Waals surface area contributed by atoms with E-state index in [-0.39, 0.29) is 22.8 Å². The smallest absolute Gasteiger partial charge is 0.175 e. The van der Waals surface area contributed by atoms with E-state index in [1.54, 1.807) is 49.8 Å². The van der Waals surface area contributed by atoms with Gasteiger partial charge in [-0.1, -0.05) is 42.5 Å². The molecule has 6 rings (SSSR count). The van der Waals surface area contributed by atoms with Gasteiger partial charge in [-0.05, 0) is 53.2 Å². The molecule has 3 heterocycles. The average molecular weight is 509 g/mol. The molecule has 3 aromatic heterocycles. The van der Waals surface area contributed by atoms with Crippen molar-refractivity contribution in [2.24, 2.45) is 0 Å². The number of furan rings is 1. The Kier molecular flexibility index (Phi) is 5.76. The first-order valence-corrected chi connectivity index (χ1v) is 12.0. The van der Waals surface area contributed by atoms with E-state index in [1.807, 2.05) is 48.5 Å². The summed E-state index contributed by atoms with van der Waals surface area (Å²) in [6.07, 6.45) is 1.55. The number of nitrogens with two attached hydrogens (primary N) is 1. The van der Waals surface area contributed by atoms with Crippen LogP contribution in [0.2, 0.25) is 0 Å². The molecule has 0 aliphatic rings. The molecule has 0 radical (unpaired) electrons. The van der Waals surface area contributed by atoms with Crippen LogP contribution in [-0.4, -0.2) is 21.9 Å². The molecule has 6 aromatic rings. The van der Waals surface area contributed by atoms with Gasteiger partial charge in [-0.15, -0.1) is 0 Å². The monoisotopic (exact) mass is 508 g/mol. The number of methoxy groups -OCH3 is 1. The van der Waals surface area contributed by atoms with Crippen LogP contribution in [0.5, 0.6) is 5.75 Å². The van der Waals surface area contributed by atoms with Crippen LogP contribution in [0.4, 0.5) is 5.82 Å². The van der Waals surface area contributed by atoms with Gasteiger partial charge in [0.1, 0.15) is 46.3 Å². The molecule has 0 saturated carbocycles. The van der Waals surface area contributed by atoms with E-state index in [0.717, 1.165) is 16.3 Å². The molecule has 8 nitrogen and oxygen atoms in total. The summed E-state index contributed by atoms with van der Waals surface area (Å²) in [6, 6.07) is 30.9. The first kappa shape index (κ1) is 23.5. The predicted octanol–water partition coefficient (Wildman–Crippen LogP) is 6.35. The third-order valence-corrected chi connectivity index (χ3v) is 6.56. The first-order chi connectivity index (χ1) is 19.1. The number of rotatable bonds is 5. The van der Waals surface area contributed by atoms with Crippen LogP contribution < -0.4 is 10.5 Å². The van der Waals surface area contributed by atoms with Crippen LogP contribution >= 0.6 is 0 Å². The van der Waals surface area contributed by atoms with E-state index in [2.05, 4.69) is 17.2 Å². The number of nitriles is 2. The lowest BCUT2D eigenvalue weighted by atomic mass is 9.98. The molecule has 2 N–H and O–H groups in total. The summed E-state index contributed by atoms with van der Waals surface area (Å²) in [5, 5.41) is 27.0. The van der Waals surface area contributed by atoms with Crippen molar-refractivity contribution in [3.05, 3.63) is 102 Å². The molecule has 186 valence electrons. The van der Waals surface area contributed by atoms with Gasteiger partial charge >= 0.3 is 0 Å².